The third-order valence-electron chi connectivity index (χ3n) is 4.23. The zero-order chi connectivity index (χ0) is 15.7. The highest BCUT2D eigenvalue weighted by Crippen LogP contribution is 2.34. The molecule has 3 rings (SSSR count). The molecule has 1 aliphatic carbocycles. The smallest absolute Gasteiger partial charge is 0.261 e. The Balaban J connectivity index is 1.78. The molecule has 1 saturated carbocycles. The molecule has 0 spiro atoms. The van der Waals surface area contributed by atoms with Crippen LogP contribution in [0.25, 0.3) is 11.1 Å². The Labute approximate surface area is 135 Å². The van der Waals surface area contributed by atoms with Crippen molar-refractivity contribution in [2.45, 2.75) is 32.7 Å². The fourth-order valence-electron chi connectivity index (χ4n) is 2.64. The van der Waals surface area contributed by atoms with Crippen molar-refractivity contribution in [3.63, 3.8) is 0 Å². The summed E-state index contributed by atoms with van der Waals surface area (Å²) in [6, 6.07) is 10.2. The van der Waals surface area contributed by atoms with Crippen LogP contribution >= 0.6 is 11.3 Å². The minimum absolute atomic E-state index is 0.0484. The number of amides is 1. The summed E-state index contributed by atoms with van der Waals surface area (Å²) in [6.45, 7) is 4.16. The lowest BCUT2D eigenvalue weighted by atomic mass is 10.1. The Bertz CT molecular complexity index is 671. The fourth-order valence-corrected chi connectivity index (χ4v) is 3.59. The molecule has 1 amide bonds. The van der Waals surface area contributed by atoms with Gasteiger partial charge in [0.1, 0.15) is 5.75 Å². The highest BCUT2D eigenvalue weighted by Gasteiger charge is 2.29. The highest BCUT2D eigenvalue weighted by atomic mass is 32.1. The van der Waals surface area contributed by atoms with Crippen molar-refractivity contribution < 1.29 is 9.53 Å². The molecule has 1 unspecified atom stereocenters. The summed E-state index contributed by atoms with van der Waals surface area (Å²) in [4.78, 5) is 14.3. The Morgan fingerprint density at radius 2 is 2.00 bits per heavy atom. The number of hydrogen-bond donors (Lipinski definition) is 1. The molecule has 22 heavy (non-hydrogen) atoms. The van der Waals surface area contributed by atoms with Gasteiger partial charge in [-0.1, -0.05) is 12.1 Å². The van der Waals surface area contributed by atoms with E-state index in [-0.39, 0.29) is 11.9 Å². The molecule has 116 valence electrons. The van der Waals surface area contributed by atoms with Gasteiger partial charge >= 0.3 is 0 Å². The van der Waals surface area contributed by atoms with Gasteiger partial charge in [0.05, 0.1) is 12.0 Å². The summed E-state index contributed by atoms with van der Waals surface area (Å²) in [5, 5.41) is 3.12. The van der Waals surface area contributed by atoms with Crippen molar-refractivity contribution in [3.05, 3.63) is 40.1 Å². The molecule has 1 aromatic heterocycles. The number of carbonyl (C=O) groups is 1. The van der Waals surface area contributed by atoms with Crippen LogP contribution < -0.4 is 10.1 Å². The Morgan fingerprint density at radius 1 is 1.32 bits per heavy atom. The fraction of sp³-hybridized carbons (Fsp3) is 0.389. The van der Waals surface area contributed by atoms with Crippen molar-refractivity contribution in [2.24, 2.45) is 5.92 Å². The van der Waals surface area contributed by atoms with E-state index in [1.54, 1.807) is 18.4 Å². The van der Waals surface area contributed by atoms with Gasteiger partial charge in [-0.3, -0.25) is 4.79 Å². The molecule has 0 radical (unpaired) electrons. The molecular weight excluding hydrogens is 294 g/mol. The molecule has 0 bridgehead atoms. The molecule has 1 N–H and O–H groups in total. The zero-order valence-electron chi connectivity index (χ0n) is 13.2. The second-order valence-electron chi connectivity index (χ2n) is 5.91. The summed E-state index contributed by atoms with van der Waals surface area (Å²) in [5.74, 6) is 1.56. The average molecular weight is 315 g/mol. The minimum Gasteiger partial charge on any atom is -0.497 e. The number of methoxy groups -OCH3 is 1. The Kier molecular flexibility index (Phi) is 4.21. The van der Waals surface area contributed by atoms with Crippen LogP contribution in [0.5, 0.6) is 5.75 Å². The predicted molar refractivity (Wildman–Crippen MR) is 90.7 cm³/mol. The predicted octanol–water partition coefficient (Wildman–Crippen LogP) is 4.26. The molecule has 2 aromatic rings. The lowest BCUT2D eigenvalue weighted by Crippen LogP contribution is -2.33. The molecule has 1 fully saturated rings. The number of ether oxygens (including phenoxy) is 1. The van der Waals surface area contributed by atoms with Crippen molar-refractivity contribution in [1.82, 2.24) is 5.32 Å². The monoisotopic (exact) mass is 315 g/mol. The van der Waals surface area contributed by atoms with Crippen molar-refractivity contribution in [1.29, 1.82) is 0 Å². The number of hydrogen-bond acceptors (Lipinski definition) is 3. The number of rotatable bonds is 5. The Morgan fingerprint density at radius 3 is 2.59 bits per heavy atom. The van der Waals surface area contributed by atoms with Gasteiger partial charge in [-0.25, -0.2) is 0 Å². The maximum atomic E-state index is 12.4. The second kappa shape index (κ2) is 6.13. The van der Waals surface area contributed by atoms with Gasteiger partial charge in [0, 0.05) is 10.9 Å². The van der Waals surface area contributed by atoms with Crippen LogP contribution in [0, 0.1) is 12.8 Å². The normalized spacial score (nSPS) is 15.4. The summed E-state index contributed by atoms with van der Waals surface area (Å²) < 4.78 is 5.19. The maximum absolute atomic E-state index is 12.4. The zero-order valence-corrected chi connectivity index (χ0v) is 14.0. The highest BCUT2D eigenvalue weighted by molar-refractivity contribution is 7.14. The van der Waals surface area contributed by atoms with E-state index in [0.717, 1.165) is 26.6 Å². The first kappa shape index (κ1) is 15.1. The number of aryl methyl sites for hydroxylation is 1. The SMILES string of the molecule is COc1ccc(-c2cc(C(=O)NC(C)C3CC3)sc2C)cc1. The van der Waals surface area contributed by atoms with Crippen LogP contribution in [-0.2, 0) is 0 Å². The molecule has 1 atom stereocenters. The largest absolute Gasteiger partial charge is 0.497 e. The second-order valence-corrected chi connectivity index (χ2v) is 7.16. The van der Waals surface area contributed by atoms with E-state index in [4.69, 9.17) is 4.74 Å². The van der Waals surface area contributed by atoms with Gasteiger partial charge in [-0.15, -0.1) is 11.3 Å². The molecule has 1 aliphatic rings. The van der Waals surface area contributed by atoms with Crippen molar-refractivity contribution in [2.75, 3.05) is 7.11 Å². The molecule has 1 heterocycles. The van der Waals surface area contributed by atoms with Crippen LogP contribution in [0.2, 0.25) is 0 Å². The molecular formula is C18H21NO2S. The Hall–Kier alpha value is -1.81. The third kappa shape index (κ3) is 3.17. The summed E-state index contributed by atoms with van der Waals surface area (Å²) in [6.07, 6.45) is 2.48. The first-order valence-corrected chi connectivity index (χ1v) is 8.46. The number of benzene rings is 1. The lowest BCUT2D eigenvalue weighted by Gasteiger charge is -2.11. The van der Waals surface area contributed by atoms with Gasteiger partial charge in [-0.05, 0) is 61.9 Å². The van der Waals surface area contributed by atoms with Crippen LogP contribution in [0.15, 0.2) is 30.3 Å². The first-order valence-electron chi connectivity index (χ1n) is 7.64. The topological polar surface area (TPSA) is 38.3 Å². The minimum atomic E-state index is 0.0484. The van der Waals surface area contributed by atoms with Gasteiger partial charge in [0.25, 0.3) is 5.91 Å². The molecule has 3 nitrogen and oxygen atoms in total. The van der Waals surface area contributed by atoms with Gasteiger partial charge in [0.2, 0.25) is 0 Å². The van der Waals surface area contributed by atoms with Crippen LogP contribution in [0.1, 0.15) is 34.3 Å². The van der Waals surface area contributed by atoms with Crippen LogP contribution in [-0.4, -0.2) is 19.1 Å². The van der Waals surface area contributed by atoms with E-state index in [9.17, 15) is 4.79 Å². The van der Waals surface area contributed by atoms with E-state index in [1.165, 1.54) is 12.8 Å². The lowest BCUT2D eigenvalue weighted by molar-refractivity contribution is 0.0940. The first-order chi connectivity index (χ1) is 10.6. The van der Waals surface area contributed by atoms with Gasteiger partial charge in [0.15, 0.2) is 0 Å². The van der Waals surface area contributed by atoms with E-state index in [0.29, 0.717) is 5.92 Å². The standard InChI is InChI=1S/C18H21NO2S/c1-11(13-4-5-13)19-18(20)17-10-16(12(2)22-17)14-6-8-15(21-3)9-7-14/h6-11,13H,4-5H2,1-3H3,(H,19,20). The summed E-state index contributed by atoms with van der Waals surface area (Å²) in [7, 11) is 1.66. The average Bonchev–Trinajstić information content (AvgIpc) is 3.30. The quantitative estimate of drug-likeness (QED) is 0.895. The summed E-state index contributed by atoms with van der Waals surface area (Å²) >= 11 is 1.56. The number of nitrogens with one attached hydrogen (secondary N) is 1. The molecule has 1 aromatic carbocycles. The molecule has 4 heteroatoms. The van der Waals surface area contributed by atoms with Crippen molar-refractivity contribution >= 4 is 17.2 Å². The van der Waals surface area contributed by atoms with E-state index >= 15 is 0 Å². The molecule has 0 saturated heterocycles. The van der Waals surface area contributed by atoms with E-state index in [2.05, 4.69) is 19.2 Å². The van der Waals surface area contributed by atoms with Crippen LogP contribution in [0.4, 0.5) is 0 Å². The number of thiophene rings is 1. The summed E-state index contributed by atoms with van der Waals surface area (Å²) in [5.41, 5.74) is 2.24. The van der Waals surface area contributed by atoms with E-state index < -0.39 is 0 Å². The van der Waals surface area contributed by atoms with Crippen molar-refractivity contribution in [3.8, 4) is 16.9 Å². The third-order valence-corrected chi connectivity index (χ3v) is 5.28. The van der Waals surface area contributed by atoms with Gasteiger partial charge in [-0.2, -0.15) is 0 Å². The number of carbonyl (C=O) groups excluding carboxylic acids is 1. The molecule has 0 aliphatic heterocycles. The van der Waals surface area contributed by atoms with Gasteiger partial charge < -0.3 is 10.1 Å². The maximum Gasteiger partial charge on any atom is 0.261 e. The van der Waals surface area contributed by atoms with Crippen LogP contribution in [0.3, 0.4) is 0 Å². The van der Waals surface area contributed by atoms with E-state index in [1.807, 2.05) is 30.3 Å².